The van der Waals surface area contributed by atoms with Crippen molar-refractivity contribution in [1.82, 2.24) is 25.6 Å². The van der Waals surface area contributed by atoms with Crippen LogP contribution in [-0.2, 0) is 0 Å². The Hall–Kier alpha value is -2.61. The van der Waals surface area contributed by atoms with Crippen LogP contribution < -0.4 is 15.4 Å². The van der Waals surface area contributed by atoms with Crippen LogP contribution in [0.15, 0.2) is 24.4 Å². The van der Waals surface area contributed by atoms with Crippen molar-refractivity contribution < 1.29 is 14.3 Å². The number of carbonyl (C=O) groups excluding carboxylic acids is 2. The van der Waals surface area contributed by atoms with Crippen molar-refractivity contribution in [3.05, 3.63) is 35.7 Å². The maximum atomic E-state index is 12.1. The average molecular weight is 392 g/mol. The molecule has 0 unspecified atom stereocenters. The quantitative estimate of drug-likeness (QED) is 0.502. The summed E-state index contributed by atoms with van der Waals surface area (Å²) in [5.74, 6) is 0.518. The molecular weight excluding hydrogens is 370 g/mol. The molecule has 2 amide bonds. The summed E-state index contributed by atoms with van der Waals surface area (Å²) >= 11 is 5.72. The van der Waals surface area contributed by atoms with Crippen molar-refractivity contribution in [3.8, 4) is 11.4 Å². The highest BCUT2D eigenvalue weighted by Gasteiger charge is 2.25. The van der Waals surface area contributed by atoms with Crippen molar-refractivity contribution in [2.24, 2.45) is 0 Å². The molecule has 144 valence electrons. The molecule has 2 N–H and O–H groups in total. The number of alkyl halides is 1. The van der Waals surface area contributed by atoms with Crippen molar-refractivity contribution in [2.75, 3.05) is 19.0 Å². The Kier molecular flexibility index (Phi) is 6.28. The second-order valence-electron chi connectivity index (χ2n) is 6.23. The largest absolute Gasteiger partial charge is 0.491 e. The standard InChI is InChI=1S/C18H22ClN5O3/c1-2-20-17(25)12-4-7-15(16(10-12)27-9-3-8-19)24-11-14(22-23-24)18(26)21-13-5-6-13/h4,7,10-11,13H,2-3,5-6,8-9H2,1H3,(H,20,25)(H,21,26). The van der Waals surface area contributed by atoms with Crippen LogP contribution in [0.2, 0.25) is 0 Å². The first-order valence-corrected chi connectivity index (χ1v) is 9.50. The van der Waals surface area contributed by atoms with E-state index < -0.39 is 0 Å². The molecule has 1 aliphatic carbocycles. The molecule has 27 heavy (non-hydrogen) atoms. The lowest BCUT2D eigenvalue weighted by atomic mass is 10.1. The number of ether oxygens (including phenoxy) is 1. The monoisotopic (exact) mass is 391 g/mol. The highest BCUT2D eigenvalue weighted by atomic mass is 35.5. The Morgan fingerprint density at radius 3 is 2.85 bits per heavy atom. The Bertz CT molecular complexity index is 819. The summed E-state index contributed by atoms with van der Waals surface area (Å²) in [6.45, 7) is 2.79. The lowest BCUT2D eigenvalue weighted by Crippen LogP contribution is -2.25. The molecule has 1 aromatic carbocycles. The zero-order valence-electron chi connectivity index (χ0n) is 15.1. The van der Waals surface area contributed by atoms with E-state index in [1.54, 1.807) is 24.4 Å². The van der Waals surface area contributed by atoms with E-state index in [1.165, 1.54) is 4.68 Å². The van der Waals surface area contributed by atoms with Gasteiger partial charge in [0.2, 0.25) is 0 Å². The molecule has 0 aliphatic heterocycles. The minimum Gasteiger partial charge on any atom is -0.491 e. The average Bonchev–Trinajstić information content (AvgIpc) is 3.34. The smallest absolute Gasteiger partial charge is 0.273 e. The number of nitrogens with one attached hydrogen (secondary N) is 2. The van der Waals surface area contributed by atoms with E-state index in [0.29, 0.717) is 42.5 Å². The van der Waals surface area contributed by atoms with Crippen LogP contribution in [0.4, 0.5) is 0 Å². The number of benzene rings is 1. The van der Waals surface area contributed by atoms with Gasteiger partial charge in [-0.3, -0.25) is 9.59 Å². The van der Waals surface area contributed by atoms with E-state index in [-0.39, 0.29) is 23.6 Å². The number of halogens is 1. The third-order valence-corrected chi connectivity index (χ3v) is 4.25. The summed E-state index contributed by atoms with van der Waals surface area (Å²) in [7, 11) is 0. The summed E-state index contributed by atoms with van der Waals surface area (Å²) in [6, 6.07) is 5.30. The molecule has 0 bridgehead atoms. The predicted molar refractivity (Wildman–Crippen MR) is 101 cm³/mol. The maximum absolute atomic E-state index is 12.1. The normalized spacial score (nSPS) is 13.3. The second-order valence-corrected chi connectivity index (χ2v) is 6.61. The number of carbonyl (C=O) groups is 2. The van der Waals surface area contributed by atoms with Gasteiger partial charge in [0.25, 0.3) is 11.8 Å². The third kappa shape index (κ3) is 4.97. The van der Waals surface area contributed by atoms with Gasteiger partial charge in [0.1, 0.15) is 11.4 Å². The van der Waals surface area contributed by atoms with E-state index in [0.717, 1.165) is 12.8 Å². The van der Waals surface area contributed by atoms with Crippen LogP contribution in [0.25, 0.3) is 5.69 Å². The van der Waals surface area contributed by atoms with Gasteiger partial charge in [0, 0.05) is 24.0 Å². The summed E-state index contributed by atoms with van der Waals surface area (Å²) in [5.41, 5.74) is 1.31. The van der Waals surface area contributed by atoms with E-state index in [4.69, 9.17) is 16.3 Å². The maximum Gasteiger partial charge on any atom is 0.273 e. The van der Waals surface area contributed by atoms with Crippen molar-refractivity contribution in [2.45, 2.75) is 32.2 Å². The van der Waals surface area contributed by atoms with Crippen LogP contribution in [-0.4, -0.2) is 51.9 Å². The van der Waals surface area contributed by atoms with Crippen molar-refractivity contribution in [1.29, 1.82) is 0 Å². The number of aromatic nitrogens is 3. The molecule has 1 aliphatic rings. The molecule has 1 fully saturated rings. The van der Waals surface area contributed by atoms with Gasteiger partial charge < -0.3 is 15.4 Å². The van der Waals surface area contributed by atoms with Gasteiger partial charge in [-0.1, -0.05) is 5.21 Å². The first-order chi connectivity index (χ1) is 13.1. The van der Waals surface area contributed by atoms with Gasteiger partial charge >= 0.3 is 0 Å². The van der Waals surface area contributed by atoms with Crippen LogP contribution in [0.5, 0.6) is 5.75 Å². The molecule has 8 nitrogen and oxygen atoms in total. The second kappa shape index (κ2) is 8.85. The molecule has 0 atom stereocenters. The lowest BCUT2D eigenvalue weighted by Gasteiger charge is -2.12. The van der Waals surface area contributed by atoms with Crippen LogP contribution >= 0.6 is 11.6 Å². The van der Waals surface area contributed by atoms with Crippen LogP contribution in [0.3, 0.4) is 0 Å². The minimum atomic E-state index is -0.243. The lowest BCUT2D eigenvalue weighted by molar-refractivity contribution is 0.0941. The van der Waals surface area contributed by atoms with Gasteiger partial charge in [-0.05, 0) is 44.4 Å². The van der Waals surface area contributed by atoms with Crippen LogP contribution in [0, 0.1) is 0 Å². The molecule has 9 heteroatoms. The fourth-order valence-corrected chi connectivity index (χ4v) is 2.54. The number of hydrogen-bond donors (Lipinski definition) is 2. The molecule has 0 saturated heterocycles. The summed E-state index contributed by atoms with van der Waals surface area (Å²) < 4.78 is 7.26. The van der Waals surface area contributed by atoms with Gasteiger partial charge in [-0.25, -0.2) is 4.68 Å². The Labute approximate surface area is 162 Å². The Balaban J connectivity index is 1.84. The molecular formula is C18H22ClN5O3. The molecule has 1 heterocycles. The number of rotatable bonds is 9. The number of hydrogen-bond acceptors (Lipinski definition) is 5. The van der Waals surface area contributed by atoms with Gasteiger partial charge in [-0.15, -0.1) is 16.7 Å². The third-order valence-electron chi connectivity index (χ3n) is 3.98. The molecule has 0 radical (unpaired) electrons. The molecule has 1 aromatic heterocycles. The summed E-state index contributed by atoms with van der Waals surface area (Å²) in [5, 5.41) is 13.6. The number of nitrogens with zero attached hydrogens (tertiary/aromatic N) is 3. The number of amides is 2. The highest BCUT2D eigenvalue weighted by molar-refractivity contribution is 6.17. The highest BCUT2D eigenvalue weighted by Crippen LogP contribution is 2.25. The predicted octanol–water partition coefficient (Wildman–Crippen LogP) is 1.92. The fourth-order valence-electron chi connectivity index (χ4n) is 2.43. The van der Waals surface area contributed by atoms with Crippen LogP contribution in [0.1, 0.15) is 47.0 Å². The molecule has 3 rings (SSSR count). The molecule has 2 aromatic rings. The van der Waals surface area contributed by atoms with Gasteiger partial charge in [-0.2, -0.15) is 0 Å². The minimum absolute atomic E-state index is 0.186. The first-order valence-electron chi connectivity index (χ1n) is 8.97. The van der Waals surface area contributed by atoms with Crippen molar-refractivity contribution in [3.63, 3.8) is 0 Å². The Morgan fingerprint density at radius 2 is 2.15 bits per heavy atom. The SMILES string of the molecule is CCNC(=O)c1ccc(-n2cc(C(=O)NC3CC3)nn2)c(OCCCCl)c1. The van der Waals surface area contributed by atoms with Gasteiger partial charge in [0.15, 0.2) is 5.69 Å². The van der Waals surface area contributed by atoms with E-state index in [2.05, 4.69) is 20.9 Å². The zero-order valence-corrected chi connectivity index (χ0v) is 15.8. The zero-order chi connectivity index (χ0) is 19.2. The fraction of sp³-hybridized carbons (Fsp3) is 0.444. The van der Waals surface area contributed by atoms with E-state index in [9.17, 15) is 9.59 Å². The molecule has 1 saturated carbocycles. The topological polar surface area (TPSA) is 98.1 Å². The summed E-state index contributed by atoms with van der Waals surface area (Å²) in [4.78, 5) is 24.2. The first kappa shape index (κ1) is 19.2. The van der Waals surface area contributed by atoms with E-state index >= 15 is 0 Å². The molecule has 0 spiro atoms. The van der Waals surface area contributed by atoms with Crippen molar-refractivity contribution >= 4 is 23.4 Å². The summed E-state index contributed by atoms with van der Waals surface area (Å²) in [6.07, 6.45) is 4.21. The van der Waals surface area contributed by atoms with Gasteiger partial charge in [0.05, 0.1) is 12.8 Å². The Morgan fingerprint density at radius 1 is 1.33 bits per heavy atom. The van der Waals surface area contributed by atoms with E-state index in [1.807, 2.05) is 6.92 Å².